The third kappa shape index (κ3) is 5.29. The van der Waals surface area contributed by atoms with E-state index < -0.39 is 5.60 Å². The maximum atomic E-state index is 12.8. The number of carbonyl (C=O) groups is 1. The van der Waals surface area contributed by atoms with E-state index in [1.807, 2.05) is 35.2 Å². The Hall–Kier alpha value is -2.78. The minimum absolute atomic E-state index is 0.0148. The highest BCUT2D eigenvalue weighted by atomic mass is 35.5. The van der Waals surface area contributed by atoms with Gasteiger partial charge in [-0.1, -0.05) is 36.3 Å². The van der Waals surface area contributed by atoms with Crippen LogP contribution in [0.1, 0.15) is 72.0 Å². The fourth-order valence-electron chi connectivity index (χ4n) is 6.65. The maximum absolute atomic E-state index is 12.8. The number of phenols is 1. The van der Waals surface area contributed by atoms with Gasteiger partial charge in [0.15, 0.2) is 0 Å². The van der Waals surface area contributed by atoms with Gasteiger partial charge in [0.25, 0.3) is 5.91 Å². The zero-order chi connectivity index (χ0) is 26.0. The standard InChI is InChI=1S/C31H34ClNO4/c32-17-16-30(37)14-15-31(25(21-30)8-7-24-20-27(35)9-10-28(24)31)13-1-2-22-3-5-23(6-4-22)29(36)33-18-11-26(34)12-19-33/h1-6,9-10,20,25-26,34-35,37H,7-8,11-15,18-19,21H2. The van der Waals surface area contributed by atoms with Crippen molar-refractivity contribution < 1.29 is 20.1 Å². The number of benzene rings is 2. The van der Waals surface area contributed by atoms with E-state index >= 15 is 0 Å². The molecule has 3 aliphatic rings. The number of nitrogens with zero attached hydrogens (tertiary/aromatic N) is 1. The molecule has 37 heavy (non-hydrogen) atoms. The van der Waals surface area contributed by atoms with Crippen LogP contribution in [-0.4, -0.2) is 50.9 Å². The van der Waals surface area contributed by atoms with Gasteiger partial charge in [-0.25, -0.2) is 0 Å². The van der Waals surface area contributed by atoms with Crippen LogP contribution >= 0.6 is 11.6 Å². The Bertz CT molecular complexity index is 1240. The van der Waals surface area contributed by atoms with E-state index in [2.05, 4.69) is 29.5 Å². The van der Waals surface area contributed by atoms with Gasteiger partial charge >= 0.3 is 0 Å². The average Bonchev–Trinajstić information content (AvgIpc) is 2.89. The summed E-state index contributed by atoms with van der Waals surface area (Å²) in [5.74, 6) is 3.40. The third-order valence-corrected chi connectivity index (χ3v) is 8.81. The number of fused-ring (bicyclic) bond motifs is 3. The number of aliphatic hydroxyl groups is 2. The Morgan fingerprint density at radius 2 is 1.86 bits per heavy atom. The van der Waals surface area contributed by atoms with E-state index in [0.29, 0.717) is 50.1 Å². The highest BCUT2D eigenvalue weighted by Gasteiger charge is 2.50. The van der Waals surface area contributed by atoms with Crippen LogP contribution in [-0.2, 0) is 11.8 Å². The summed E-state index contributed by atoms with van der Waals surface area (Å²) in [6.07, 6.45) is 9.83. The van der Waals surface area contributed by atoms with Crippen molar-refractivity contribution in [2.45, 2.75) is 68.5 Å². The van der Waals surface area contributed by atoms with Gasteiger partial charge in [0.1, 0.15) is 11.4 Å². The summed E-state index contributed by atoms with van der Waals surface area (Å²) >= 11 is 5.67. The summed E-state index contributed by atoms with van der Waals surface area (Å²) < 4.78 is 0. The first kappa shape index (κ1) is 25.9. The molecule has 1 aliphatic heterocycles. The van der Waals surface area contributed by atoms with Crippen molar-refractivity contribution in [1.82, 2.24) is 4.90 Å². The molecular weight excluding hydrogens is 486 g/mol. The van der Waals surface area contributed by atoms with Crippen LogP contribution in [0.25, 0.3) is 6.08 Å². The fraction of sp³-hybridized carbons (Fsp3) is 0.452. The van der Waals surface area contributed by atoms with Crippen molar-refractivity contribution in [2.75, 3.05) is 13.1 Å². The topological polar surface area (TPSA) is 81.0 Å². The number of carbonyl (C=O) groups excluding carboxylic acids is 1. The predicted molar refractivity (Wildman–Crippen MR) is 145 cm³/mol. The maximum Gasteiger partial charge on any atom is 0.253 e. The molecule has 6 heteroatoms. The number of aryl methyl sites for hydroxylation is 1. The Morgan fingerprint density at radius 3 is 2.59 bits per heavy atom. The number of phenolic OH excluding ortho intramolecular Hbond substituents is 1. The van der Waals surface area contributed by atoms with Crippen molar-refractivity contribution in [3.8, 4) is 17.0 Å². The van der Waals surface area contributed by atoms with Gasteiger partial charge in [-0.2, -0.15) is 0 Å². The smallest absolute Gasteiger partial charge is 0.253 e. The molecule has 3 unspecified atom stereocenters. The van der Waals surface area contributed by atoms with Crippen LogP contribution in [0.3, 0.4) is 0 Å². The van der Waals surface area contributed by atoms with Crippen molar-refractivity contribution in [3.63, 3.8) is 0 Å². The summed E-state index contributed by atoms with van der Waals surface area (Å²) in [5.41, 5.74) is 2.96. The van der Waals surface area contributed by atoms with Gasteiger partial charge in [0.2, 0.25) is 0 Å². The lowest BCUT2D eigenvalue weighted by Crippen LogP contribution is -2.49. The number of rotatable bonds is 4. The molecule has 1 saturated carbocycles. The van der Waals surface area contributed by atoms with Gasteiger partial charge in [-0.05, 0) is 110 Å². The van der Waals surface area contributed by atoms with Gasteiger partial charge in [0, 0.05) is 29.4 Å². The first-order valence-corrected chi connectivity index (χ1v) is 13.6. The largest absolute Gasteiger partial charge is 0.508 e. The van der Waals surface area contributed by atoms with Crippen molar-refractivity contribution in [1.29, 1.82) is 0 Å². The number of allylic oxidation sites excluding steroid dienone is 1. The molecule has 3 atom stereocenters. The molecule has 2 aliphatic carbocycles. The number of hydrogen-bond donors (Lipinski definition) is 3. The van der Waals surface area contributed by atoms with Crippen LogP contribution in [0.2, 0.25) is 0 Å². The van der Waals surface area contributed by atoms with Gasteiger partial charge in [-0.15, -0.1) is 0 Å². The summed E-state index contributed by atoms with van der Waals surface area (Å²) in [4.78, 5) is 14.6. The highest BCUT2D eigenvalue weighted by molar-refractivity contribution is 6.30. The van der Waals surface area contributed by atoms with Crippen LogP contribution in [0.4, 0.5) is 0 Å². The first-order valence-electron chi connectivity index (χ1n) is 13.2. The van der Waals surface area contributed by atoms with E-state index in [0.717, 1.165) is 31.2 Å². The summed E-state index contributed by atoms with van der Waals surface area (Å²) in [6.45, 7) is 1.19. The lowest BCUT2D eigenvalue weighted by Gasteiger charge is -2.52. The fourth-order valence-corrected chi connectivity index (χ4v) is 6.82. The number of aliphatic hydroxyl groups excluding tert-OH is 1. The molecule has 1 amide bonds. The molecule has 0 aromatic heterocycles. The molecule has 0 spiro atoms. The molecule has 1 heterocycles. The SMILES string of the molecule is O=C(c1ccc(C=CCC23CCC(O)(C#CCl)CC2CCc2cc(O)ccc23)cc1)N1CCC(O)CC1. The highest BCUT2D eigenvalue weighted by Crippen LogP contribution is 2.55. The molecule has 0 bridgehead atoms. The second kappa shape index (κ2) is 10.5. The number of hydrogen-bond acceptors (Lipinski definition) is 4. The molecule has 1 saturated heterocycles. The number of likely N-dealkylation sites (tertiary alicyclic amines) is 1. The predicted octanol–water partition coefficient (Wildman–Crippen LogP) is 5.01. The van der Waals surface area contributed by atoms with E-state index in [4.69, 9.17) is 11.6 Å². The van der Waals surface area contributed by atoms with Crippen LogP contribution in [0.15, 0.2) is 48.5 Å². The molecule has 2 aromatic rings. The van der Waals surface area contributed by atoms with Crippen LogP contribution in [0.5, 0.6) is 5.75 Å². The zero-order valence-electron chi connectivity index (χ0n) is 21.0. The first-order chi connectivity index (χ1) is 17.8. The average molecular weight is 520 g/mol. The Morgan fingerprint density at radius 1 is 1.11 bits per heavy atom. The van der Waals surface area contributed by atoms with Crippen molar-refractivity contribution in [2.24, 2.45) is 5.92 Å². The molecule has 5 rings (SSSR count). The van der Waals surface area contributed by atoms with Crippen LogP contribution in [0, 0.1) is 17.2 Å². The zero-order valence-corrected chi connectivity index (χ0v) is 21.8. The normalized spacial score (nSPS) is 27.8. The minimum atomic E-state index is -1.05. The molecule has 5 nitrogen and oxygen atoms in total. The Kier molecular flexibility index (Phi) is 7.36. The Balaban J connectivity index is 1.34. The van der Waals surface area contributed by atoms with Gasteiger partial charge in [0.05, 0.1) is 6.10 Å². The monoisotopic (exact) mass is 519 g/mol. The molecule has 2 aromatic carbocycles. The third-order valence-electron chi connectivity index (χ3n) is 8.72. The molecule has 0 radical (unpaired) electrons. The van der Waals surface area contributed by atoms with Crippen molar-refractivity contribution >= 4 is 23.6 Å². The molecule has 2 fully saturated rings. The molecule has 3 N–H and O–H groups in total. The summed E-state index contributed by atoms with van der Waals surface area (Å²) in [5, 5.41) is 33.2. The quantitative estimate of drug-likeness (QED) is 0.496. The molecule has 194 valence electrons. The van der Waals surface area contributed by atoms with Crippen molar-refractivity contribution in [3.05, 3.63) is 70.8 Å². The lowest BCUT2D eigenvalue weighted by atomic mass is 9.53. The van der Waals surface area contributed by atoms with E-state index in [1.165, 1.54) is 11.1 Å². The Labute approximate surface area is 223 Å². The van der Waals surface area contributed by atoms with E-state index in [1.54, 1.807) is 6.07 Å². The van der Waals surface area contributed by atoms with E-state index in [-0.39, 0.29) is 23.3 Å². The number of piperidine rings is 1. The van der Waals surface area contributed by atoms with E-state index in [9.17, 15) is 20.1 Å². The minimum Gasteiger partial charge on any atom is -0.508 e. The lowest BCUT2D eigenvalue weighted by molar-refractivity contribution is -0.00710. The number of amides is 1. The van der Waals surface area contributed by atoms with Gasteiger partial charge in [-0.3, -0.25) is 4.79 Å². The number of aromatic hydroxyl groups is 1. The summed E-state index contributed by atoms with van der Waals surface area (Å²) in [6, 6.07) is 13.4. The van der Waals surface area contributed by atoms with Gasteiger partial charge < -0.3 is 20.2 Å². The second-order valence-electron chi connectivity index (χ2n) is 10.9. The van der Waals surface area contributed by atoms with Crippen LogP contribution < -0.4 is 0 Å². The summed E-state index contributed by atoms with van der Waals surface area (Å²) in [7, 11) is 0. The molecular formula is C31H34ClNO4. The number of halogens is 1. The second-order valence-corrected chi connectivity index (χ2v) is 11.1.